The molecule has 0 saturated heterocycles. The van der Waals surface area contributed by atoms with E-state index < -0.39 is 6.36 Å². The highest BCUT2D eigenvalue weighted by molar-refractivity contribution is 5.30. The summed E-state index contributed by atoms with van der Waals surface area (Å²) in [5.41, 5.74) is 1.16. The Bertz CT molecular complexity index is 590. The molecule has 1 nitrogen and oxygen atoms in total. The van der Waals surface area contributed by atoms with Crippen LogP contribution >= 0.6 is 0 Å². The highest BCUT2D eigenvalue weighted by atomic mass is 19.4. The summed E-state index contributed by atoms with van der Waals surface area (Å²) in [4.78, 5) is 0. The van der Waals surface area contributed by atoms with Crippen molar-refractivity contribution in [2.75, 3.05) is 0 Å². The summed E-state index contributed by atoms with van der Waals surface area (Å²) in [5, 5.41) is 0. The van der Waals surface area contributed by atoms with E-state index in [0.29, 0.717) is 5.92 Å². The molecule has 2 fully saturated rings. The average Bonchev–Trinajstić information content (AvgIpc) is 2.61. The Balaban J connectivity index is 1.53. The first-order chi connectivity index (χ1) is 12.4. The fraction of sp³-hybridized carbons (Fsp3) is 0.636. The number of hydrogen-bond donors (Lipinski definition) is 0. The molecule has 0 amide bonds. The number of benzene rings is 1. The Kier molecular flexibility index (Phi) is 6.31. The van der Waals surface area contributed by atoms with Crippen LogP contribution in [0.1, 0.15) is 69.8 Å². The average molecular weight is 366 g/mol. The van der Waals surface area contributed by atoms with Gasteiger partial charge in [-0.1, -0.05) is 30.7 Å². The van der Waals surface area contributed by atoms with Crippen LogP contribution in [0.15, 0.2) is 36.4 Å². The van der Waals surface area contributed by atoms with Gasteiger partial charge in [-0.2, -0.15) is 0 Å². The highest BCUT2D eigenvalue weighted by Crippen LogP contribution is 2.48. The Labute approximate surface area is 154 Å². The number of ether oxygens (including phenoxy) is 1. The summed E-state index contributed by atoms with van der Waals surface area (Å²) >= 11 is 0. The molecule has 2 aliphatic carbocycles. The molecule has 4 unspecified atom stereocenters. The fourth-order valence-corrected chi connectivity index (χ4v) is 4.99. The monoisotopic (exact) mass is 366 g/mol. The predicted molar refractivity (Wildman–Crippen MR) is 98.1 cm³/mol. The number of allylic oxidation sites excluding steroid dienone is 2. The summed E-state index contributed by atoms with van der Waals surface area (Å²) in [5.74, 6) is 2.87. The topological polar surface area (TPSA) is 9.23 Å². The van der Waals surface area contributed by atoms with Crippen LogP contribution in [0.5, 0.6) is 5.75 Å². The first kappa shape index (κ1) is 19.3. The third-order valence-corrected chi connectivity index (χ3v) is 6.28. The van der Waals surface area contributed by atoms with Crippen molar-refractivity contribution in [3.63, 3.8) is 0 Å². The molecule has 2 saturated carbocycles. The van der Waals surface area contributed by atoms with Gasteiger partial charge < -0.3 is 4.74 Å². The molecule has 0 aromatic heterocycles. The zero-order valence-electron chi connectivity index (χ0n) is 15.5. The largest absolute Gasteiger partial charge is 0.573 e. The van der Waals surface area contributed by atoms with Gasteiger partial charge in [0, 0.05) is 0 Å². The second-order valence-electron chi connectivity index (χ2n) is 7.97. The summed E-state index contributed by atoms with van der Waals surface area (Å²) < 4.78 is 40.8. The molecule has 0 N–H and O–H groups in total. The van der Waals surface area contributed by atoms with Gasteiger partial charge in [-0.25, -0.2) is 0 Å². The van der Waals surface area contributed by atoms with Gasteiger partial charge in [0.2, 0.25) is 0 Å². The minimum atomic E-state index is -4.62. The van der Waals surface area contributed by atoms with Crippen molar-refractivity contribution in [1.82, 2.24) is 0 Å². The lowest BCUT2D eigenvalue weighted by molar-refractivity contribution is -0.274. The van der Waals surface area contributed by atoms with Gasteiger partial charge in [0.1, 0.15) is 5.75 Å². The quantitative estimate of drug-likeness (QED) is 0.499. The second kappa shape index (κ2) is 8.49. The molecule has 1 aromatic carbocycles. The second-order valence-corrected chi connectivity index (χ2v) is 7.97. The zero-order valence-corrected chi connectivity index (χ0v) is 15.5. The van der Waals surface area contributed by atoms with Crippen molar-refractivity contribution in [3.8, 4) is 5.75 Å². The fourth-order valence-electron chi connectivity index (χ4n) is 4.99. The first-order valence-corrected chi connectivity index (χ1v) is 9.91. The van der Waals surface area contributed by atoms with Gasteiger partial charge in [0.15, 0.2) is 0 Å². The van der Waals surface area contributed by atoms with Crippen LogP contribution in [-0.4, -0.2) is 6.36 Å². The lowest BCUT2D eigenvalue weighted by atomic mass is 9.63. The van der Waals surface area contributed by atoms with Crippen LogP contribution in [0, 0.1) is 17.8 Å². The highest BCUT2D eigenvalue weighted by Gasteiger charge is 2.36. The molecule has 4 heteroatoms. The smallest absolute Gasteiger partial charge is 0.406 e. The number of halogens is 3. The summed E-state index contributed by atoms with van der Waals surface area (Å²) in [6, 6.07) is 6.53. The van der Waals surface area contributed by atoms with E-state index in [1.54, 1.807) is 0 Å². The minimum Gasteiger partial charge on any atom is -0.406 e. The van der Waals surface area contributed by atoms with Crippen molar-refractivity contribution >= 4 is 0 Å². The Morgan fingerprint density at radius 2 is 1.69 bits per heavy atom. The molecular weight excluding hydrogens is 337 g/mol. The van der Waals surface area contributed by atoms with Crippen LogP contribution in [0.4, 0.5) is 13.2 Å². The molecule has 4 atom stereocenters. The lowest BCUT2D eigenvalue weighted by Crippen LogP contribution is -2.30. The molecular formula is C22H29F3O. The van der Waals surface area contributed by atoms with Crippen molar-refractivity contribution in [1.29, 1.82) is 0 Å². The van der Waals surface area contributed by atoms with E-state index in [9.17, 15) is 13.2 Å². The summed E-state index contributed by atoms with van der Waals surface area (Å²) in [7, 11) is 0. The maximum Gasteiger partial charge on any atom is 0.573 e. The van der Waals surface area contributed by atoms with Crippen molar-refractivity contribution < 1.29 is 17.9 Å². The van der Waals surface area contributed by atoms with Crippen LogP contribution in [0.3, 0.4) is 0 Å². The Morgan fingerprint density at radius 1 is 1.00 bits per heavy atom. The lowest BCUT2D eigenvalue weighted by Gasteiger charge is -2.42. The standard InChI is InChI=1S/C22H29F3O/c1-2-3-4-5-16-6-7-20-15-19(9-8-18(20)14-16)17-10-12-21(13-11-17)26-22(23,24)25/h2-3,10-13,16,18-20H,4-9,14-15H2,1H3/b3-2+. The van der Waals surface area contributed by atoms with E-state index in [1.165, 1.54) is 57.1 Å². The van der Waals surface area contributed by atoms with Crippen molar-refractivity contribution in [2.45, 2.75) is 70.6 Å². The van der Waals surface area contributed by atoms with Gasteiger partial charge in [0.05, 0.1) is 0 Å². The van der Waals surface area contributed by atoms with Crippen LogP contribution in [0.2, 0.25) is 0 Å². The Morgan fingerprint density at radius 3 is 2.38 bits per heavy atom. The molecule has 0 heterocycles. The van der Waals surface area contributed by atoms with Crippen molar-refractivity contribution in [3.05, 3.63) is 42.0 Å². The predicted octanol–water partition coefficient (Wildman–Crippen LogP) is 7.24. The molecule has 0 bridgehead atoms. The normalized spacial score (nSPS) is 29.5. The van der Waals surface area contributed by atoms with Crippen LogP contribution in [0.25, 0.3) is 0 Å². The number of hydrogen-bond acceptors (Lipinski definition) is 1. The van der Waals surface area contributed by atoms with Gasteiger partial charge >= 0.3 is 6.36 Å². The van der Waals surface area contributed by atoms with E-state index in [-0.39, 0.29) is 5.75 Å². The third kappa shape index (κ3) is 5.28. The molecule has 0 radical (unpaired) electrons. The van der Waals surface area contributed by atoms with E-state index >= 15 is 0 Å². The SMILES string of the molecule is C/C=C/CCC1CCC2CC(c3ccc(OC(F)(F)F)cc3)CCC2C1. The molecule has 144 valence electrons. The number of rotatable bonds is 5. The van der Waals surface area contributed by atoms with Gasteiger partial charge in [-0.3, -0.25) is 0 Å². The molecule has 26 heavy (non-hydrogen) atoms. The minimum absolute atomic E-state index is 0.128. The van der Waals surface area contributed by atoms with E-state index in [2.05, 4.69) is 23.8 Å². The van der Waals surface area contributed by atoms with E-state index in [4.69, 9.17) is 0 Å². The van der Waals surface area contributed by atoms with E-state index in [0.717, 1.165) is 29.7 Å². The van der Waals surface area contributed by atoms with Crippen LogP contribution in [-0.2, 0) is 0 Å². The molecule has 1 aromatic rings. The van der Waals surface area contributed by atoms with Gasteiger partial charge in [-0.15, -0.1) is 13.2 Å². The van der Waals surface area contributed by atoms with Crippen molar-refractivity contribution in [2.24, 2.45) is 17.8 Å². The Hall–Kier alpha value is -1.45. The van der Waals surface area contributed by atoms with Gasteiger partial charge in [-0.05, 0) is 93.2 Å². The van der Waals surface area contributed by atoms with Gasteiger partial charge in [0.25, 0.3) is 0 Å². The maximum atomic E-state index is 12.3. The maximum absolute atomic E-state index is 12.3. The number of alkyl halides is 3. The number of fused-ring (bicyclic) bond motifs is 1. The molecule has 3 rings (SSSR count). The molecule has 2 aliphatic rings. The molecule has 0 spiro atoms. The molecule has 0 aliphatic heterocycles. The van der Waals surface area contributed by atoms with Crippen LogP contribution < -0.4 is 4.74 Å². The summed E-state index contributed by atoms with van der Waals surface area (Å²) in [6.45, 7) is 2.08. The van der Waals surface area contributed by atoms with E-state index in [1.807, 2.05) is 12.1 Å². The first-order valence-electron chi connectivity index (χ1n) is 9.91. The summed E-state index contributed by atoms with van der Waals surface area (Å²) in [6.07, 6.45) is 9.94. The zero-order chi connectivity index (χ0) is 18.6. The third-order valence-electron chi connectivity index (χ3n) is 6.28.